The van der Waals surface area contributed by atoms with Crippen molar-refractivity contribution in [2.75, 3.05) is 45.9 Å². The van der Waals surface area contributed by atoms with Gasteiger partial charge in [-0.05, 0) is 81.9 Å². The van der Waals surface area contributed by atoms with Crippen LogP contribution in [0.5, 0.6) is 5.75 Å². The normalized spacial score (nSPS) is 20.2. The Labute approximate surface area is 205 Å². The van der Waals surface area contributed by atoms with Gasteiger partial charge in [-0.3, -0.25) is 9.69 Å². The number of ether oxygens (including phenoxy) is 2. The van der Waals surface area contributed by atoms with E-state index in [9.17, 15) is 4.79 Å². The van der Waals surface area contributed by atoms with E-state index in [2.05, 4.69) is 58.3 Å². The lowest BCUT2D eigenvalue weighted by molar-refractivity contribution is -0.150. The molecule has 0 N–H and O–H groups in total. The largest absolute Gasteiger partial charge is 0.493 e. The third kappa shape index (κ3) is 7.31. The second-order valence-corrected chi connectivity index (χ2v) is 9.64. The van der Waals surface area contributed by atoms with E-state index >= 15 is 0 Å². The maximum absolute atomic E-state index is 12.2. The number of esters is 1. The van der Waals surface area contributed by atoms with Crippen LogP contribution in [0.1, 0.15) is 43.7 Å². The molecule has 2 aromatic rings. The van der Waals surface area contributed by atoms with Gasteiger partial charge < -0.3 is 14.4 Å². The van der Waals surface area contributed by atoms with Crippen LogP contribution in [0.2, 0.25) is 0 Å². The van der Waals surface area contributed by atoms with Crippen molar-refractivity contribution in [3.63, 3.8) is 0 Å². The lowest BCUT2D eigenvalue weighted by Gasteiger charge is -2.41. The molecule has 2 aliphatic heterocycles. The summed E-state index contributed by atoms with van der Waals surface area (Å²) in [4.78, 5) is 17.3. The number of carbonyl (C=O) groups excluding carboxylic acids is 1. The molecule has 2 saturated heterocycles. The van der Waals surface area contributed by atoms with Crippen molar-refractivity contribution in [1.82, 2.24) is 9.80 Å². The van der Waals surface area contributed by atoms with Crippen LogP contribution in [0.15, 0.2) is 54.6 Å². The number of likely N-dealkylation sites (tertiary alicyclic amines) is 2. The van der Waals surface area contributed by atoms with Crippen LogP contribution in [-0.4, -0.2) is 67.7 Å². The predicted octanol–water partition coefficient (Wildman–Crippen LogP) is 4.59. The quantitative estimate of drug-likeness (QED) is 0.481. The SMILES string of the molecule is CCOC(=O)C1CCCN(C2CCN(CCc3ccc(OCCc4ccccc4)cc3)CC2)C1. The first-order valence-corrected chi connectivity index (χ1v) is 13.1. The summed E-state index contributed by atoms with van der Waals surface area (Å²) >= 11 is 0. The summed E-state index contributed by atoms with van der Waals surface area (Å²) in [5, 5.41) is 0. The summed E-state index contributed by atoms with van der Waals surface area (Å²) in [5.41, 5.74) is 2.67. The summed E-state index contributed by atoms with van der Waals surface area (Å²) < 4.78 is 11.2. The molecule has 2 fully saturated rings. The Morgan fingerprint density at radius 1 is 0.912 bits per heavy atom. The lowest BCUT2D eigenvalue weighted by atomic mass is 9.94. The summed E-state index contributed by atoms with van der Waals surface area (Å²) in [7, 11) is 0. The zero-order chi connectivity index (χ0) is 23.6. The van der Waals surface area contributed by atoms with Gasteiger partial charge in [-0.1, -0.05) is 42.5 Å². The minimum Gasteiger partial charge on any atom is -0.493 e. The number of carbonyl (C=O) groups is 1. The lowest BCUT2D eigenvalue weighted by Crippen LogP contribution is -2.49. The van der Waals surface area contributed by atoms with Crippen LogP contribution in [0.4, 0.5) is 0 Å². The fourth-order valence-electron chi connectivity index (χ4n) is 5.27. The molecule has 1 unspecified atom stereocenters. The molecule has 5 heteroatoms. The van der Waals surface area contributed by atoms with E-state index in [0.717, 1.165) is 64.2 Å². The Balaban J connectivity index is 1.14. The Hall–Kier alpha value is -2.37. The number of nitrogens with zero attached hydrogens (tertiary/aromatic N) is 2. The zero-order valence-electron chi connectivity index (χ0n) is 20.7. The van der Waals surface area contributed by atoms with Gasteiger partial charge in [-0.25, -0.2) is 0 Å². The molecule has 34 heavy (non-hydrogen) atoms. The number of hydrogen-bond donors (Lipinski definition) is 0. The van der Waals surface area contributed by atoms with Gasteiger partial charge in [0.05, 0.1) is 19.1 Å². The summed E-state index contributed by atoms with van der Waals surface area (Å²) in [5.74, 6) is 1.01. The third-order valence-corrected chi connectivity index (χ3v) is 7.29. The number of benzene rings is 2. The fourth-order valence-corrected chi connectivity index (χ4v) is 5.27. The van der Waals surface area contributed by atoms with E-state index in [1.54, 1.807) is 0 Å². The molecule has 184 valence electrons. The van der Waals surface area contributed by atoms with E-state index < -0.39 is 0 Å². The molecule has 1 atom stereocenters. The van der Waals surface area contributed by atoms with Crippen LogP contribution < -0.4 is 4.74 Å². The van der Waals surface area contributed by atoms with Gasteiger partial charge in [-0.2, -0.15) is 0 Å². The van der Waals surface area contributed by atoms with Gasteiger partial charge >= 0.3 is 5.97 Å². The van der Waals surface area contributed by atoms with E-state index in [-0.39, 0.29) is 11.9 Å². The van der Waals surface area contributed by atoms with Crippen molar-refractivity contribution >= 4 is 5.97 Å². The van der Waals surface area contributed by atoms with Crippen molar-refractivity contribution in [2.45, 2.75) is 51.5 Å². The zero-order valence-corrected chi connectivity index (χ0v) is 20.7. The minimum atomic E-state index is -0.00255. The second kappa shape index (κ2) is 12.9. The number of hydrogen-bond acceptors (Lipinski definition) is 5. The van der Waals surface area contributed by atoms with Crippen LogP contribution in [0.25, 0.3) is 0 Å². The molecule has 0 aliphatic carbocycles. The molecule has 5 nitrogen and oxygen atoms in total. The summed E-state index contributed by atoms with van der Waals surface area (Å²) in [6.07, 6.45) is 6.48. The molecule has 2 aromatic carbocycles. The van der Waals surface area contributed by atoms with Gasteiger partial charge in [0.15, 0.2) is 0 Å². The Morgan fingerprint density at radius 2 is 1.65 bits per heavy atom. The van der Waals surface area contributed by atoms with Crippen LogP contribution >= 0.6 is 0 Å². The molecule has 0 bridgehead atoms. The highest BCUT2D eigenvalue weighted by Crippen LogP contribution is 2.25. The van der Waals surface area contributed by atoms with E-state index in [1.807, 2.05) is 13.0 Å². The molecule has 0 amide bonds. The molecule has 2 aliphatic rings. The van der Waals surface area contributed by atoms with Crippen LogP contribution in [-0.2, 0) is 22.4 Å². The number of rotatable bonds is 10. The second-order valence-electron chi connectivity index (χ2n) is 9.64. The molecule has 4 rings (SSSR count). The highest BCUT2D eigenvalue weighted by Gasteiger charge is 2.32. The van der Waals surface area contributed by atoms with E-state index in [4.69, 9.17) is 9.47 Å². The van der Waals surface area contributed by atoms with Crippen LogP contribution in [0.3, 0.4) is 0 Å². The molecular formula is C29H40N2O3. The Morgan fingerprint density at radius 3 is 2.38 bits per heavy atom. The average molecular weight is 465 g/mol. The first-order chi connectivity index (χ1) is 16.7. The minimum absolute atomic E-state index is 0.00255. The van der Waals surface area contributed by atoms with Crippen molar-refractivity contribution in [1.29, 1.82) is 0 Å². The average Bonchev–Trinajstić information content (AvgIpc) is 2.89. The molecule has 2 heterocycles. The monoisotopic (exact) mass is 464 g/mol. The molecule has 0 saturated carbocycles. The van der Waals surface area contributed by atoms with Crippen LogP contribution in [0, 0.1) is 5.92 Å². The molecule has 0 spiro atoms. The van der Waals surface area contributed by atoms with E-state index in [1.165, 1.54) is 24.0 Å². The smallest absolute Gasteiger partial charge is 0.310 e. The van der Waals surface area contributed by atoms with Gasteiger partial charge in [-0.15, -0.1) is 0 Å². The fraction of sp³-hybridized carbons (Fsp3) is 0.552. The first kappa shape index (κ1) is 24.7. The van der Waals surface area contributed by atoms with Crippen molar-refractivity contribution < 1.29 is 14.3 Å². The third-order valence-electron chi connectivity index (χ3n) is 7.29. The molecule has 0 aromatic heterocycles. The van der Waals surface area contributed by atoms with Crippen molar-refractivity contribution in [2.24, 2.45) is 5.92 Å². The topological polar surface area (TPSA) is 42.0 Å². The Bertz CT molecular complexity index is 863. The maximum Gasteiger partial charge on any atom is 0.310 e. The highest BCUT2D eigenvalue weighted by molar-refractivity contribution is 5.72. The standard InChI is InChI=1S/C29H40N2O3/c1-2-33-29(32)26-9-6-18-31(23-26)27-15-20-30(21-16-27)19-14-25-10-12-28(13-11-25)34-22-17-24-7-4-3-5-8-24/h3-5,7-8,10-13,26-27H,2,6,9,14-23H2,1H3. The highest BCUT2D eigenvalue weighted by atomic mass is 16.5. The van der Waals surface area contributed by atoms with E-state index in [0.29, 0.717) is 19.3 Å². The first-order valence-electron chi connectivity index (χ1n) is 13.1. The summed E-state index contributed by atoms with van der Waals surface area (Å²) in [6, 6.07) is 19.7. The molecule has 0 radical (unpaired) electrons. The Kier molecular flexibility index (Phi) is 9.40. The van der Waals surface area contributed by atoms with Gasteiger partial charge in [0, 0.05) is 25.6 Å². The van der Waals surface area contributed by atoms with Gasteiger partial charge in [0.25, 0.3) is 0 Å². The number of piperidine rings is 2. The predicted molar refractivity (Wildman–Crippen MR) is 136 cm³/mol. The molecular weight excluding hydrogens is 424 g/mol. The van der Waals surface area contributed by atoms with Gasteiger partial charge in [0.1, 0.15) is 5.75 Å². The van der Waals surface area contributed by atoms with Gasteiger partial charge in [0.2, 0.25) is 0 Å². The summed E-state index contributed by atoms with van der Waals surface area (Å²) in [6.45, 7) is 8.48. The van der Waals surface area contributed by atoms with Crippen molar-refractivity contribution in [3.05, 3.63) is 65.7 Å². The maximum atomic E-state index is 12.2. The van der Waals surface area contributed by atoms with Crippen molar-refractivity contribution in [3.8, 4) is 5.75 Å².